The molecule has 110 valence electrons. The average molecular weight is 280 g/mol. The van der Waals surface area contributed by atoms with E-state index in [9.17, 15) is 0 Å². The number of hydrogen-bond donors (Lipinski definition) is 2. The van der Waals surface area contributed by atoms with E-state index in [-0.39, 0.29) is 0 Å². The quantitative estimate of drug-likeness (QED) is 0.894. The van der Waals surface area contributed by atoms with Crippen molar-refractivity contribution in [2.75, 3.05) is 25.0 Å². The molecule has 2 N–H and O–H groups in total. The van der Waals surface area contributed by atoms with Crippen molar-refractivity contribution < 1.29 is 0 Å². The summed E-state index contributed by atoms with van der Waals surface area (Å²) in [5.41, 5.74) is 5.64. The molecule has 1 heterocycles. The van der Waals surface area contributed by atoms with Crippen molar-refractivity contribution in [3.63, 3.8) is 0 Å². The van der Waals surface area contributed by atoms with Gasteiger partial charge >= 0.3 is 0 Å². The molecule has 2 aromatic carbocycles. The number of anilines is 1. The number of benzene rings is 2. The van der Waals surface area contributed by atoms with Crippen LogP contribution in [0.5, 0.6) is 0 Å². The van der Waals surface area contributed by atoms with E-state index in [0.717, 1.165) is 32.5 Å². The second-order valence-corrected chi connectivity index (χ2v) is 5.93. The van der Waals surface area contributed by atoms with Crippen LogP contribution < -0.4 is 10.6 Å². The van der Waals surface area contributed by atoms with Crippen LogP contribution in [0.3, 0.4) is 0 Å². The molecule has 1 aliphatic heterocycles. The largest absolute Gasteiger partial charge is 0.385 e. The van der Waals surface area contributed by atoms with Crippen LogP contribution in [0.2, 0.25) is 0 Å². The zero-order valence-corrected chi connectivity index (χ0v) is 12.7. The second kappa shape index (κ2) is 6.77. The van der Waals surface area contributed by atoms with Gasteiger partial charge in [-0.15, -0.1) is 0 Å². The van der Waals surface area contributed by atoms with Crippen LogP contribution >= 0.6 is 0 Å². The molecule has 0 spiro atoms. The van der Waals surface area contributed by atoms with Gasteiger partial charge in [0, 0.05) is 18.8 Å². The summed E-state index contributed by atoms with van der Waals surface area (Å²) in [6.07, 6.45) is 2.21. The van der Waals surface area contributed by atoms with Gasteiger partial charge in [-0.2, -0.15) is 0 Å². The van der Waals surface area contributed by atoms with Gasteiger partial charge < -0.3 is 10.6 Å². The van der Waals surface area contributed by atoms with Crippen LogP contribution in [0.4, 0.5) is 5.69 Å². The van der Waals surface area contributed by atoms with Crippen molar-refractivity contribution in [2.45, 2.75) is 25.7 Å². The predicted molar refractivity (Wildman–Crippen MR) is 90.1 cm³/mol. The molecule has 0 radical (unpaired) electrons. The van der Waals surface area contributed by atoms with Gasteiger partial charge in [-0.1, -0.05) is 43.3 Å². The Morgan fingerprint density at radius 3 is 2.86 bits per heavy atom. The molecule has 0 saturated heterocycles. The molecule has 2 heteroatoms. The lowest BCUT2D eigenvalue weighted by Crippen LogP contribution is -2.18. The van der Waals surface area contributed by atoms with Gasteiger partial charge in [0.1, 0.15) is 0 Å². The monoisotopic (exact) mass is 280 g/mol. The maximum atomic E-state index is 3.56. The van der Waals surface area contributed by atoms with Crippen LogP contribution in [-0.2, 0) is 12.8 Å². The van der Waals surface area contributed by atoms with Crippen molar-refractivity contribution in [2.24, 2.45) is 0 Å². The van der Waals surface area contributed by atoms with E-state index < -0.39 is 0 Å². The second-order valence-electron chi connectivity index (χ2n) is 5.93. The first-order valence-corrected chi connectivity index (χ1v) is 7.94. The Kier molecular flexibility index (Phi) is 4.56. The van der Waals surface area contributed by atoms with E-state index in [1.807, 2.05) is 0 Å². The molecule has 21 heavy (non-hydrogen) atoms. The smallest absolute Gasteiger partial charge is 0.0343 e. The van der Waals surface area contributed by atoms with Crippen LogP contribution in [0.25, 0.3) is 0 Å². The normalized spacial score (nSPS) is 17.9. The summed E-state index contributed by atoms with van der Waals surface area (Å²) in [5, 5.41) is 7.07. The minimum atomic E-state index is 0.596. The van der Waals surface area contributed by atoms with Gasteiger partial charge in [0.05, 0.1) is 0 Å². The topological polar surface area (TPSA) is 24.1 Å². The molecule has 0 saturated carbocycles. The summed E-state index contributed by atoms with van der Waals surface area (Å²) in [7, 11) is 0. The summed E-state index contributed by atoms with van der Waals surface area (Å²) in [5.74, 6) is 0.596. The number of nitrogens with one attached hydrogen (secondary N) is 2. The lowest BCUT2D eigenvalue weighted by atomic mass is 9.95. The summed E-state index contributed by atoms with van der Waals surface area (Å²) in [6.45, 7) is 5.47. The van der Waals surface area contributed by atoms with Gasteiger partial charge in [0.15, 0.2) is 0 Å². The summed E-state index contributed by atoms with van der Waals surface area (Å²) in [4.78, 5) is 0. The molecule has 0 unspecified atom stereocenters. The fourth-order valence-corrected chi connectivity index (χ4v) is 3.04. The van der Waals surface area contributed by atoms with Crippen molar-refractivity contribution in [3.8, 4) is 0 Å². The van der Waals surface area contributed by atoms with Gasteiger partial charge in [-0.25, -0.2) is 0 Å². The van der Waals surface area contributed by atoms with Crippen LogP contribution in [0, 0.1) is 0 Å². The summed E-state index contributed by atoms with van der Waals surface area (Å²) in [6, 6.07) is 17.5. The molecule has 0 aliphatic carbocycles. The Balaban J connectivity index is 1.64. The minimum Gasteiger partial charge on any atom is -0.385 e. The Morgan fingerprint density at radius 1 is 1.14 bits per heavy atom. The van der Waals surface area contributed by atoms with Gasteiger partial charge in [0.2, 0.25) is 0 Å². The Morgan fingerprint density at radius 2 is 2.00 bits per heavy atom. The van der Waals surface area contributed by atoms with Gasteiger partial charge in [-0.3, -0.25) is 0 Å². The Bertz CT molecular complexity index is 577. The van der Waals surface area contributed by atoms with E-state index in [1.165, 1.54) is 22.4 Å². The molecule has 2 aromatic rings. The van der Waals surface area contributed by atoms with E-state index in [1.54, 1.807) is 0 Å². The third-order valence-corrected chi connectivity index (χ3v) is 4.28. The van der Waals surface area contributed by atoms with Crippen molar-refractivity contribution >= 4 is 5.69 Å². The first-order valence-electron chi connectivity index (χ1n) is 7.94. The molecular weight excluding hydrogens is 256 g/mol. The third-order valence-electron chi connectivity index (χ3n) is 4.28. The highest BCUT2D eigenvalue weighted by Gasteiger charge is 2.14. The van der Waals surface area contributed by atoms with Gasteiger partial charge in [-0.05, 0) is 54.1 Å². The molecule has 1 atom stereocenters. The van der Waals surface area contributed by atoms with Gasteiger partial charge in [0.25, 0.3) is 0 Å². The molecule has 0 aromatic heterocycles. The first-order chi connectivity index (χ1) is 10.3. The van der Waals surface area contributed by atoms with Crippen molar-refractivity contribution in [1.82, 2.24) is 5.32 Å². The molecule has 0 fully saturated rings. The third kappa shape index (κ3) is 3.64. The van der Waals surface area contributed by atoms with E-state index in [0.29, 0.717) is 5.92 Å². The van der Waals surface area contributed by atoms with E-state index in [2.05, 4.69) is 66.1 Å². The number of hydrogen-bond acceptors (Lipinski definition) is 2. The van der Waals surface area contributed by atoms with Crippen molar-refractivity contribution in [1.29, 1.82) is 0 Å². The summed E-state index contributed by atoms with van der Waals surface area (Å²) < 4.78 is 0. The summed E-state index contributed by atoms with van der Waals surface area (Å²) >= 11 is 0. The number of fused-ring (bicyclic) bond motifs is 1. The zero-order chi connectivity index (χ0) is 14.5. The zero-order valence-electron chi connectivity index (χ0n) is 12.7. The van der Waals surface area contributed by atoms with Crippen LogP contribution in [0.1, 0.15) is 29.5 Å². The lowest BCUT2D eigenvalue weighted by molar-refractivity contribution is 0.644. The van der Waals surface area contributed by atoms with E-state index in [4.69, 9.17) is 0 Å². The highest BCUT2D eigenvalue weighted by Crippen LogP contribution is 2.25. The maximum absolute atomic E-state index is 3.56. The first kappa shape index (κ1) is 14.2. The fraction of sp³-hybridized carbons (Fsp3) is 0.368. The molecule has 0 bridgehead atoms. The molecule has 2 nitrogen and oxygen atoms in total. The minimum absolute atomic E-state index is 0.596. The average Bonchev–Trinajstić information content (AvgIpc) is 2.70. The highest BCUT2D eigenvalue weighted by atomic mass is 14.9. The Labute approximate surface area is 127 Å². The van der Waals surface area contributed by atoms with Crippen LogP contribution in [-0.4, -0.2) is 19.6 Å². The fourth-order valence-electron chi connectivity index (χ4n) is 3.04. The highest BCUT2D eigenvalue weighted by molar-refractivity contribution is 5.50. The Hall–Kier alpha value is -1.80. The maximum Gasteiger partial charge on any atom is 0.0343 e. The SMILES string of the molecule is C[C@H]1CNCCc2ccc(NCCc3ccccc3)cc21. The lowest BCUT2D eigenvalue weighted by Gasteiger charge is -2.15. The standard InChI is InChI=1S/C19H24N2/c1-15-14-20-11-10-17-7-8-18(13-19(15)17)21-12-9-16-5-3-2-4-6-16/h2-8,13,15,20-21H,9-12,14H2,1H3/t15-/m0/s1. The number of rotatable bonds is 4. The molecule has 0 amide bonds. The molecule has 1 aliphatic rings. The van der Waals surface area contributed by atoms with Crippen molar-refractivity contribution in [3.05, 3.63) is 65.2 Å². The van der Waals surface area contributed by atoms with E-state index >= 15 is 0 Å². The van der Waals surface area contributed by atoms with Crippen LogP contribution in [0.15, 0.2) is 48.5 Å². The molecule has 3 rings (SSSR count). The predicted octanol–water partition coefficient (Wildman–Crippen LogP) is 3.59. The molecular formula is C19H24N2.